The van der Waals surface area contributed by atoms with Gasteiger partial charge in [0.05, 0.1) is 0 Å². The summed E-state index contributed by atoms with van der Waals surface area (Å²) in [6.07, 6.45) is 3.31. The molecule has 1 N–H and O–H groups in total. The first-order valence-corrected chi connectivity index (χ1v) is 5.37. The SMILES string of the molecule is Cc1cncc(-c2nnnn2C(C)(C)C(=O)O)c1. The van der Waals surface area contributed by atoms with Crippen molar-refractivity contribution in [2.45, 2.75) is 26.3 Å². The zero-order valence-electron chi connectivity index (χ0n) is 10.3. The zero-order chi connectivity index (χ0) is 13.3. The quantitative estimate of drug-likeness (QED) is 0.864. The number of carbonyl (C=O) groups is 1. The summed E-state index contributed by atoms with van der Waals surface area (Å²) in [5.74, 6) is -0.615. The van der Waals surface area contributed by atoms with Crippen LogP contribution in [-0.4, -0.2) is 36.3 Å². The highest BCUT2D eigenvalue weighted by molar-refractivity contribution is 5.76. The second-order valence-corrected chi connectivity index (χ2v) is 4.53. The van der Waals surface area contributed by atoms with Crippen LogP contribution in [0.5, 0.6) is 0 Å². The fourth-order valence-electron chi connectivity index (χ4n) is 1.51. The smallest absolute Gasteiger partial charge is 0.331 e. The molecule has 0 radical (unpaired) electrons. The number of nitrogens with zero attached hydrogens (tertiary/aromatic N) is 5. The minimum atomic E-state index is -1.22. The van der Waals surface area contributed by atoms with Crippen LogP contribution in [0.15, 0.2) is 18.5 Å². The Hall–Kier alpha value is -2.31. The highest BCUT2D eigenvalue weighted by Gasteiger charge is 2.33. The van der Waals surface area contributed by atoms with E-state index in [2.05, 4.69) is 20.5 Å². The number of hydrogen-bond donors (Lipinski definition) is 1. The molecule has 0 aliphatic carbocycles. The lowest BCUT2D eigenvalue weighted by Gasteiger charge is -2.20. The Morgan fingerprint density at radius 3 is 2.72 bits per heavy atom. The van der Waals surface area contributed by atoms with E-state index in [1.807, 2.05) is 13.0 Å². The van der Waals surface area contributed by atoms with Crippen molar-refractivity contribution in [1.82, 2.24) is 25.2 Å². The van der Waals surface area contributed by atoms with Crippen LogP contribution in [-0.2, 0) is 10.3 Å². The molecule has 0 spiro atoms. The van der Waals surface area contributed by atoms with Crippen LogP contribution in [0.3, 0.4) is 0 Å². The van der Waals surface area contributed by atoms with Crippen LogP contribution in [0.1, 0.15) is 19.4 Å². The predicted molar refractivity (Wildman–Crippen MR) is 62.7 cm³/mol. The van der Waals surface area contributed by atoms with Gasteiger partial charge in [0.2, 0.25) is 0 Å². The van der Waals surface area contributed by atoms with Crippen molar-refractivity contribution >= 4 is 5.97 Å². The fraction of sp³-hybridized carbons (Fsp3) is 0.364. The molecule has 7 nitrogen and oxygen atoms in total. The molecule has 0 amide bonds. The first kappa shape index (κ1) is 12.2. The summed E-state index contributed by atoms with van der Waals surface area (Å²) in [5.41, 5.74) is 0.423. The highest BCUT2D eigenvalue weighted by atomic mass is 16.4. The van der Waals surface area contributed by atoms with Gasteiger partial charge in [-0.05, 0) is 42.8 Å². The predicted octanol–water partition coefficient (Wildman–Crippen LogP) is 0.863. The lowest BCUT2D eigenvalue weighted by molar-refractivity contribution is -0.146. The van der Waals surface area contributed by atoms with E-state index in [1.54, 1.807) is 26.2 Å². The van der Waals surface area contributed by atoms with Gasteiger partial charge in [-0.15, -0.1) is 5.10 Å². The van der Waals surface area contributed by atoms with Gasteiger partial charge in [-0.2, -0.15) is 0 Å². The van der Waals surface area contributed by atoms with E-state index in [4.69, 9.17) is 0 Å². The Morgan fingerprint density at radius 2 is 2.11 bits per heavy atom. The van der Waals surface area contributed by atoms with Crippen molar-refractivity contribution in [2.24, 2.45) is 0 Å². The number of carboxylic acid groups (broad SMARTS) is 1. The van der Waals surface area contributed by atoms with Crippen molar-refractivity contribution in [3.05, 3.63) is 24.0 Å². The second kappa shape index (κ2) is 4.17. The maximum absolute atomic E-state index is 11.2. The van der Waals surface area contributed by atoms with Crippen LogP contribution < -0.4 is 0 Å². The monoisotopic (exact) mass is 247 g/mol. The Labute approximate surface area is 103 Å². The van der Waals surface area contributed by atoms with Crippen LogP contribution in [0, 0.1) is 6.92 Å². The summed E-state index contributed by atoms with van der Waals surface area (Å²) < 4.78 is 1.28. The molecule has 0 aliphatic heterocycles. The molecule has 2 aromatic heterocycles. The van der Waals surface area contributed by atoms with Crippen LogP contribution >= 0.6 is 0 Å². The van der Waals surface area contributed by atoms with E-state index in [1.165, 1.54) is 4.68 Å². The van der Waals surface area contributed by atoms with E-state index < -0.39 is 11.5 Å². The van der Waals surface area contributed by atoms with E-state index in [0.717, 1.165) is 5.56 Å². The van der Waals surface area contributed by atoms with Crippen molar-refractivity contribution in [2.75, 3.05) is 0 Å². The van der Waals surface area contributed by atoms with Crippen LogP contribution in [0.2, 0.25) is 0 Å². The first-order chi connectivity index (χ1) is 8.43. The molecule has 0 aliphatic rings. The third-order valence-electron chi connectivity index (χ3n) is 2.66. The Bertz CT molecular complexity index is 591. The largest absolute Gasteiger partial charge is 0.479 e. The number of rotatable bonds is 3. The summed E-state index contributed by atoms with van der Waals surface area (Å²) >= 11 is 0. The number of aromatic nitrogens is 5. The Balaban J connectivity index is 2.55. The Morgan fingerprint density at radius 1 is 1.39 bits per heavy atom. The molecule has 0 atom stereocenters. The van der Waals surface area contributed by atoms with Gasteiger partial charge >= 0.3 is 5.97 Å². The molecule has 2 heterocycles. The van der Waals surface area contributed by atoms with Crippen molar-refractivity contribution in [3.8, 4) is 11.4 Å². The normalized spacial score (nSPS) is 11.5. The summed E-state index contributed by atoms with van der Waals surface area (Å²) in [6.45, 7) is 4.98. The molecule has 2 rings (SSSR count). The van der Waals surface area contributed by atoms with E-state index >= 15 is 0 Å². The maximum Gasteiger partial charge on any atom is 0.331 e. The molecule has 18 heavy (non-hydrogen) atoms. The van der Waals surface area contributed by atoms with Gasteiger partial charge in [-0.25, -0.2) is 9.48 Å². The molecule has 0 saturated carbocycles. The standard InChI is InChI=1S/C11H13N5O2/c1-7-4-8(6-12-5-7)9-13-14-15-16(9)11(2,3)10(17)18/h4-6H,1-3H3,(H,17,18). The number of aryl methyl sites for hydroxylation is 1. The van der Waals surface area contributed by atoms with Gasteiger partial charge in [0, 0.05) is 18.0 Å². The van der Waals surface area contributed by atoms with E-state index in [9.17, 15) is 9.90 Å². The number of tetrazole rings is 1. The van der Waals surface area contributed by atoms with E-state index in [-0.39, 0.29) is 0 Å². The van der Waals surface area contributed by atoms with Gasteiger partial charge in [0.1, 0.15) is 0 Å². The lowest BCUT2D eigenvalue weighted by Crippen LogP contribution is -2.37. The van der Waals surface area contributed by atoms with Gasteiger partial charge in [0.15, 0.2) is 11.4 Å². The molecule has 0 saturated heterocycles. The van der Waals surface area contributed by atoms with E-state index in [0.29, 0.717) is 11.4 Å². The van der Waals surface area contributed by atoms with Crippen molar-refractivity contribution < 1.29 is 9.90 Å². The Kier molecular flexibility index (Phi) is 2.82. The molecular weight excluding hydrogens is 234 g/mol. The highest BCUT2D eigenvalue weighted by Crippen LogP contribution is 2.22. The number of aliphatic carboxylic acids is 1. The molecular formula is C11H13N5O2. The summed E-state index contributed by atoms with van der Waals surface area (Å²) in [5, 5.41) is 20.4. The van der Waals surface area contributed by atoms with Gasteiger partial charge in [0.25, 0.3) is 0 Å². The minimum absolute atomic E-state index is 0.388. The van der Waals surface area contributed by atoms with Crippen LogP contribution in [0.25, 0.3) is 11.4 Å². The molecule has 0 fully saturated rings. The third kappa shape index (κ3) is 1.94. The summed E-state index contributed by atoms with van der Waals surface area (Å²) in [6, 6.07) is 1.85. The molecule has 7 heteroatoms. The minimum Gasteiger partial charge on any atom is -0.479 e. The maximum atomic E-state index is 11.2. The average molecular weight is 247 g/mol. The van der Waals surface area contributed by atoms with Gasteiger partial charge < -0.3 is 5.11 Å². The second-order valence-electron chi connectivity index (χ2n) is 4.53. The topological polar surface area (TPSA) is 93.8 Å². The summed E-state index contributed by atoms with van der Waals surface area (Å²) in [7, 11) is 0. The summed E-state index contributed by atoms with van der Waals surface area (Å²) in [4.78, 5) is 15.3. The number of carboxylic acids is 1. The average Bonchev–Trinajstić information content (AvgIpc) is 2.78. The van der Waals surface area contributed by atoms with Crippen molar-refractivity contribution in [1.29, 1.82) is 0 Å². The van der Waals surface area contributed by atoms with Crippen molar-refractivity contribution in [3.63, 3.8) is 0 Å². The number of pyridine rings is 1. The lowest BCUT2D eigenvalue weighted by atomic mass is 10.1. The fourth-order valence-corrected chi connectivity index (χ4v) is 1.51. The number of hydrogen-bond acceptors (Lipinski definition) is 5. The molecule has 0 aromatic carbocycles. The van der Waals surface area contributed by atoms with Crippen LogP contribution in [0.4, 0.5) is 0 Å². The van der Waals surface area contributed by atoms with Gasteiger partial charge in [-0.1, -0.05) is 0 Å². The molecule has 94 valence electrons. The zero-order valence-corrected chi connectivity index (χ0v) is 10.3. The molecule has 0 bridgehead atoms. The molecule has 2 aromatic rings. The first-order valence-electron chi connectivity index (χ1n) is 5.37. The van der Waals surface area contributed by atoms with Gasteiger partial charge in [-0.3, -0.25) is 4.98 Å². The third-order valence-corrected chi connectivity index (χ3v) is 2.66. The molecule has 0 unspecified atom stereocenters.